The van der Waals surface area contributed by atoms with E-state index in [1.54, 1.807) is 0 Å². The van der Waals surface area contributed by atoms with Gasteiger partial charge in [0.2, 0.25) is 0 Å². The van der Waals surface area contributed by atoms with Crippen molar-refractivity contribution in [2.45, 2.75) is 12.6 Å². The summed E-state index contributed by atoms with van der Waals surface area (Å²) < 4.78 is 37.7. The summed E-state index contributed by atoms with van der Waals surface area (Å²) in [6.07, 6.45) is -3.79. The Bertz CT molecular complexity index is 472. The molecule has 0 fully saturated rings. The number of anilines is 1. The summed E-state index contributed by atoms with van der Waals surface area (Å²) in [4.78, 5) is 13.8. The number of carbonyl (C=O) groups excluding carboxylic acids is 1. The molecule has 0 saturated carbocycles. The molecule has 0 heterocycles. The predicted molar refractivity (Wildman–Crippen MR) is 71.4 cm³/mol. The fourth-order valence-corrected chi connectivity index (χ4v) is 1.62. The average molecular weight is 289 g/mol. The maximum atomic E-state index is 12.6. The first-order valence-electron chi connectivity index (χ1n) is 6.11. The molecule has 0 spiro atoms. The number of benzene rings is 1. The second kappa shape index (κ2) is 6.60. The molecule has 0 unspecified atom stereocenters. The molecule has 0 atom stereocenters. The maximum absolute atomic E-state index is 12.6. The van der Waals surface area contributed by atoms with Gasteiger partial charge in [-0.25, -0.2) is 0 Å². The van der Waals surface area contributed by atoms with Crippen LogP contribution >= 0.6 is 0 Å². The second-order valence-corrected chi connectivity index (χ2v) is 4.71. The van der Waals surface area contributed by atoms with Gasteiger partial charge >= 0.3 is 6.18 Å². The van der Waals surface area contributed by atoms with Crippen LogP contribution < -0.4 is 11.1 Å². The van der Waals surface area contributed by atoms with E-state index in [2.05, 4.69) is 5.32 Å². The van der Waals surface area contributed by atoms with Crippen molar-refractivity contribution in [3.05, 3.63) is 29.3 Å². The summed E-state index contributed by atoms with van der Waals surface area (Å²) in [5.74, 6) is -0.590. The van der Waals surface area contributed by atoms with E-state index in [1.807, 2.05) is 19.0 Å². The largest absolute Gasteiger partial charge is 0.416 e. The molecule has 0 aliphatic rings. The van der Waals surface area contributed by atoms with Crippen LogP contribution in [0.4, 0.5) is 18.9 Å². The first-order chi connectivity index (χ1) is 9.21. The highest BCUT2D eigenvalue weighted by Crippen LogP contribution is 2.31. The van der Waals surface area contributed by atoms with Gasteiger partial charge in [0.1, 0.15) is 0 Å². The van der Waals surface area contributed by atoms with Gasteiger partial charge in [-0.3, -0.25) is 4.79 Å². The highest BCUT2D eigenvalue weighted by atomic mass is 19.4. The molecule has 0 aromatic heterocycles. The Labute approximate surface area is 115 Å². The smallest absolute Gasteiger partial charge is 0.398 e. The van der Waals surface area contributed by atoms with E-state index in [1.165, 1.54) is 0 Å². The number of amides is 1. The zero-order valence-electron chi connectivity index (χ0n) is 11.4. The molecule has 1 amide bonds. The molecule has 0 aliphatic carbocycles. The lowest BCUT2D eigenvalue weighted by Gasteiger charge is -2.12. The third-order valence-electron chi connectivity index (χ3n) is 2.69. The van der Waals surface area contributed by atoms with Crippen molar-refractivity contribution in [1.82, 2.24) is 10.2 Å². The van der Waals surface area contributed by atoms with E-state index in [0.717, 1.165) is 24.7 Å². The van der Waals surface area contributed by atoms with Crippen molar-refractivity contribution in [2.75, 3.05) is 32.9 Å². The van der Waals surface area contributed by atoms with Gasteiger partial charge in [-0.1, -0.05) is 0 Å². The summed E-state index contributed by atoms with van der Waals surface area (Å²) in [6.45, 7) is 1.16. The summed E-state index contributed by atoms with van der Waals surface area (Å²) in [5, 5.41) is 2.56. The molecular formula is C13H18F3N3O. The van der Waals surface area contributed by atoms with Crippen molar-refractivity contribution in [3.8, 4) is 0 Å². The Morgan fingerprint density at radius 3 is 2.55 bits per heavy atom. The zero-order valence-corrected chi connectivity index (χ0v) is 11.4. The molecule has 7 heteroatoms. The van der Waals surface area contributed by atoms with Crippen LogP contribution in [-0.4, -0.2) is 38.0 Å². The fraction of sp³-hybridized carbons (Fsp3) is 0.462. The number of nitrogen functional groups attached to an aromatic ring is 1. The van der Waals surface area contributed by atoms with Crippen LogP contribution in [0.15, 0.2) is 18.2 Å². The summed E-state index contributed by atoms with van der Waals surface area (Å²) in [7, 11) is 3.79. The van der Waals surface area contributed by atoms with Crippen LogP contribution in [0, 0.1) is 0 Å². The number of hydrogen-bond acceptors (Lipinski definition) is 3. The van der Waals surface area contributed by atoms with Crippen molar-refractivity contribution in [2.24, 2.45) is 0 Å². The van der Waals surface area contributed by atoms with Gasteiger partial charge in [-0.2, -0.15) is 13.2 Å². The van der Waals surface area contributed by atoms with Crippen LogP contribution in [0.25, 0.3) is 0 Å². The third-order valence-corrected chi connectivity index (χ3v) is 2.69. The minimum Gasteiger partial charge on any atom is -0.398 e. The highest BCUT2D eigenvalue weighted by Gasteiger charge is 2.31. The van der Waals surface area contributed by atoms with Gasteiger partial charge in [-0.15, -0.1) is 0 Å². The first kappa shape index (κ1) is 16.3. The van der Waals surface area contributed by atoms with Crippen LogP contribution in [0.5, 0.6) is 0 Å². The third kappa shape index (κ3) is 4.73. The monoisotopic (exact) mass is 289 g/mol. The van der Waals surface area contributed by atoms with Crippen molar-refractivity contribution < 1.29 is 18.0 Å². The topological polar surface area (TPSA) is 58.4 Å². The van der Waals surface area contributed by atoms with E-state index in [0.29, 0.717) is 13.0 Å². The predicted octanol–water partition coefficient (Wildman–Crippen LogP) is 1.97. The number of nitrogens with zero attached hydrogens (tertiary/aromatic N) is 1. The van der Waals surface area contributed by atoms with Gasteiger partial charge in [0.15, 0.2) is 0 Å². The molecular weight excluding hydrogens is 271 g/mol. The molecule has 20 heavy (non-hydrogen) atoms. The number of carbonyl (C=O) groups is 1. The number of nitrogens with one attached hydrogen (secondary N) is 1. The van der Waals surface area contributed by atoms with Gasteiger partial charge < -0.3 is 16.0 Å². The standard InChI is InChI=1S/C13H18F3N3O/c1-19(2)7-3-6-18-12(20)10-8-9(13(14,15)16)4-5-11(10)17/h4-5,8H,3,6-7,17H2,1-2H3,(H,18,20). The summed E-state index contributed by atoms with van der Waals surface area (Å²) in [6, 6.07) is 2.73. The van der Waals surface area contributed by atoms with Crippen LogP contribution in [-0.2, 0) is 6.18 Å². The molecule has 1 aromatic carbocycles. The zero-order chi connectivity index (χ0) is 15.3. The second-order valence-electron chi connectivity index (χ2n) is 4.71. The lowest BCUT2D eigenvalue weighted by molar-refractivity contribution is -0.137. The molecule has 1 rings (SSSR count). The normalized spacial score (nSPS) is 11.7. The van der Waals surface area contributed by atoms with Crippen LogP contribution in [0.1, 0.15) is 22.3 Å². The number of halogens is 3. The lowest BCUT2D eigenvalue weighted by atomic mass is 10.1. The number of rotatable bonds is 5. The van der Waals surface area contributed by atoms with Crippen LogP contribution in [0.3, 0.4) is 0 Å². The van der Waals surface area contributed by atoms with Gasteiger partial charge in [0, 0.05) is 12.2 Å². The van der Waals surface area contributed by atoms with E-state index in [9.17, 15) is 18.0 Å². The minimum atomic E-state index is -4.49. The first-order valence-corrected chi connectivity index (χ1v) is 6.11. The SMILES string of the molecule is CN(C)CCCNC(=O)c1cc(C(F)(F)F)ccc1N. The van der Waals surface area contributed by atoms with E-state index < -0.39 is 17.6 Å². The molecule has 112 valence electrons. The highest BCUT2D eigenvalue weighted by molar-refractivity contribution is 5.99. The summed E-state index contributed by atoms with van der Waals surface area (Å²) in [5.41, 5.74) is 4.55. The number of alkyl halides is 3. The van der Waals surface area contributed by atoms with E-state index >= 15 is 0 Å². The Balaban J connectivity index is 2.72. The van der Waals surface area contributed by atoms with Gasteiger partial charge in [0.05, 0.1) is 11.1 Å². The van der Waals surface area contributed by atoms with E-state index in [-0.39, 0.29) is 11.3 Å². The Kier molecular flexibility index (Phi) is 5.38. The minimum absolute atomic E-state index is 0.0307. The number of hydrogen-bond donors (Lipinski definition) is 2. The Morgan fingerprint density at radius 1 is 1.35 bits per heavy atom. The van der Waals surface area contributed by atoms with Gasteiger partial charge in [-0.05, 0) is 45.3 Å². The number of nitrogens with two attached hydrogens (primary N) is 1. The molecule has 0 saturated heterocycles. The Morgan fingerprint density at radius 2 is 2.00 bits per heavy atom. The molecule has 0 aliphatic heterocycles. The van der Waals surface area contributed by atoms with E-state index in [4.69, 9.17) is 5.73 Å². The summed E-state index contributed by atoms with van der Waals surface area (Å²) >= 11 is 0. The molecule has 4 nitrogen and oxygen atoms in total. The van der Waals surface area contributed by atoms with Crippen LogP contribution in [0.2, 0.25) is 0 Å². The maximum Gasteiger partial charge on any atom is 0.416 e. The van der Waals surface area contributed by atoms with Gasteiger partial charge in [0.25, 0.3) is 5.91 Å². The van der Waals surface area contributed by atoms with Crippen molar-refractivity contribution in [3.63, 3.8) is 0 Å². The molecule has 0 radical (unpaired) electrons. The molecule has 3 N–H and O–H groups in total. The van der Waals surface area contributed by atoms with Crippen molar-refractivity contribution >= 4 is 11.6 Å². The molecule has 0 bridgehead atoms. The quantitative estimate of drug-likeness (QED) is 0.643. The fourth-order valence-electron chi connectivity index (χ4n) is 1.62. The van der Waals surface area contributed by atoms with Crippen molar-refractivity contribution in [1.29, 1.82) is 0 Å². The lowest BCUT2D eigenvalue weighted by Crippen LogP contribution is -2.28. The average Bonchev–Trinajstić information content (AvgIpc) is 2.33. The molecule has 1 aromatic rings. The Hall–Kier alpha value is -1.76.